The van der Waals surface area contributed by atoms with Crippen LogP contribution in [0.3, 0.4) is 0 Å². The zero-order valence-corrected chi connectivity index (χ0v) is 12.5. The van der Waals surface area contributed by atoms with E-state index in [1.807, 2.05) is 13.0 Å². The third-order valence-corrected chi connectivity index (χ3v) is 3.26. The Morgan fingerprint density at radius 2 is 2.15 bits per heavy atom. The minimum absolute atomic E-state index is 0.0281. The van der Waals surface area contributed by atoms with Crippen LogP contribution in [0.25, 0.3) is 0 Å². The van der Waals surface area contributed by atoms with Crippen LogP contribution in [0.1, 0.15) is 27.9 Å². The van der Waals surface area contributed by atoms with Crippen molar-refractivity contribution < 1.29 is 14.1 Å². The first-order valence-corrected chi connectivity index (χ1v) is 8.05. The molecule has 0 aromatic heterocycles. The van der Waals surface area contributed by atoms with Gasteiger partial charge < -0.3 is 10.4 Å². The number of aryl methyl sites for hydroxylation is 1. The molecule has 0 radical (unpaired) electrons. The van der Waals surface area contributed by atoms with E-state index in [0.29, 0.717) is 24.3 Å². The van der Waals surface area contributed by atoms with Crippen LogP contribution >= 0.6 is 0 Å². The normalized spacial score (nSPS) is 11.3. The van der Waals surface area contributed by atoms with E-state index < -0.39 is 10.8 Å². The van der Waals surface area contributed by atoms with Crippen LogP contribution in [0.5, 0.6) is 0 Å². The fourth-order valence-corrected chi connectivity index (χ4v) is 2.01. The summed E-state index contributed by atoms with van der Waals surface area (Å²) in [6.07, 6.45) is 2.02. The van der Waals surface area contributed by atoms with Gasteiger partial charge in [0.05, 0.1) is 6.61 Å². The number of nitrogens with one attached hydrogen (secondary N) is 1. The van der Waals surface area contributed by atoms with Gasteiger partial charge in [-0.25, -0.2) is 0 Å². The lowest BCUT2D eigenvalue weighted by atomic mass is 10.1. The Bertz CT molecular complexity index is 558. The van der Waals surface area contributed by atoms with Crippen molar-refractivity contribution >= 4 is 16.7 Å². The summed E-state index contributed by atoms with van der Waals surface area (Å²) < 4.78 is 10.9. The zero-order valence-electron chi connectivity index (χ0n) is 11.7. The highest BCUT2D eigenvalue weighted by atomic mass is 32.2. The molecule has 0 fully saturated rings. The average Bonchev–Trinajstić information content (AvgIpc) is 2.38. The van der Waals surface area contributed by atoms with Crippen molar-refractivity contribution in [2.75, 3.05) is 25.2 Å². The molecule has 5 heteroatoms. The Kier molecular flexibility index (Phi) is 6.99. The number of carbonyl (C=O) groups excluding carboxylic acids is 1. The molecule has 1 atom stereocenters. The number of carbonyl (C=O) groups is 1. The third kappa shape index (κ3) is 6.00. The van der Waals surface area contributed by atoms with Gasteiger partial charge in [-0.15, -0.1) is 0 Å². The van der Waals surface area contributed by atoms with Crippen LogP contribution < -0.4 is 5.32 Å². The van der Waals surface area contributed by atoms with Gasteiger partial charge in [0, 0.05) is 46.9 Å². The summed E-state index contributed by atoms with van der Waals surface area (Å²) >= 11 is 0. The Labute approximate surface area is 122 Å². The van der Waals surface area contributed by atoms with Gasteiger partial charge in [-0.3, -0.25) is 9.00 Å². The van der Waals surface area contributed by atoms with E-state index in [1.165, 1.54) is 0 Å². The minimum atomic E-state index is -0.913. The van der Waals surface area contributed by atoms with Crippen molar-refractivity contribution in [3.8, 4) is 11.8 Å². The van der Waals surface area contributed by atoms with Crippen LogP contribution in [0, 0.1) is 18.8 Å². The molecule has 1 amide bonds. The second-order valence-corrected chi connectivity index (χ2v) is 5.95. The second kappa shape index (κ2) is 8.51. The standard InChI is InChI=1S/C15H19NO3S/c1-12-9-13(5-3-4-7-17)11-14(10-12)15(18)16-6-8-20(2)19/h9-11,17H,4,6-8H2,1-2H3,(H,16,18). The van der Waals surface area contributed by atoms with Gasteiger partial charge in [-0.2, -0.15) is 0 Å². The van der Waals surface area contributed by atoms with Crippen molar-refractivity contribution in [1.29, 1.82) is 0 Å². The van der Waals surface area contributed by atoms with E-state index in [4.69, 9.17) is 5.11 Å². The maximum absolute atomic E-state index is 12.0. The SMILES string of the molecule is Cc1cc(C#CCCO)cc(C(=O)NCCS(C)=O)c1. The molecule has 108 valence electrons. The highest BCUT2D eigenvalue weighted by molar-refractivity contribution is 7.84. The predicted octanol–water partition coefficient (Wildman–Crippen LogP) is 0.837. The monoisotopic (exact) mass is 293 g/mol. The van der Waals surface area contributed by atoms with E-state index in [0.717, 1.165) is 11.1 Å². The van der Waals surface area contributed by atoms with Crippen LogP contribution in [0.15, 0.2) is 18.2 Å². The van der Waals surface area contributed by atoms with Gasteiger partial charge in [0.25, 0.3) is 5.91 Å². The van der Waals surface area contributed by atoms with E-state index in [2.05, 4.69) is 17.2 Å². The summed E-state index contributed by atoms with van der Waals surface area (Å²) in [5.41, 5.74) is 2.24. The van der Waals surface area contributed by atoms with Crippen molar-refractivity contribution in [3.05, 3.63) is 34.9 Å². The quantitative estimate of drug-likeness (QED) is 0.791. The maximum atomic E-state index is 12.0. The lowest BCUT2D eigenvalue weighted by Gasteiger charge is -2.06. The smallest absolute Gasteiger partial charge is 0.251 e. The fraction of sp³-hybridized carbons (Fsp3) is 0.400. The summed E-state index contributed by atoms with van der Waals surface area (Å²) in [5, 5.41) is 11.4. The number of hydrogen-bond donors (Lipinski definition) is 2. The molecule has 0 aliphatic carbocycles. The van der Waals surface area contributed by atoms with Gasteiger partial charge in [-0.1, -0.05) is 11.8 Å². The van der Waals surface area contributed by atoms with Crippen molar-refractivity contribution in [1.82, 2.24) is 5.32 Å². The maximum Gasteiger partial charge on any atom is 0.251 e. The van der Waals surface area contributed by atoms with Gasteiger partial charge in [0.15, 0.2) is 0 Å². The topological polar surface area (TPSA) is 66.4 Å². The first-order valence-electron chi connectivity index (χ1n) is 6.32. The molecule has 2 N–H and O–H groups in total. The van der Waals surface area contributed by atoms with Crippen LogP contribution in [0.4, 0.5) is 0 Å². The molecule has 0 bridgehead atoms. The van der Waals surface area contributed by atoms with E-state index >= 15 is 0 Å². The lowest BCUT2D eigenvalue weighted by Crippen LogP contribution is -2.27. The van der Waals surface area contributed by atoms with E-state index in [9.17, 15) is 9.00 Å². The molecular weight excluding hydrogens is 274 g/mol. The molecule has 20 heavy (non-hydrogen) atoms. The first-order chi connectivity index (χ1) is 9.52. The predicted molar refractivity (Wildman–Crippen MR) is 81.0 cm³/mol. The molecule has 0 spiro atoms. The van der Waals surface area contributed by atoms with Gasteiger partial charge in [0.1, 0.15) is 0 Å². The number of aliphatic hydroxyl groups excluding tert-OH is 1. The molecule has 0 saturated carbocycles. The highest BCUT2D eigenvalue weighted by Gasteiger charge is 2.06. The first kappa shape index (κ1) is 16.4. The summed E-state index contributed by atoms with van der Waals surface area (Å²) in [5.74, 6) is 6.00. The summed E-state index contributed by atoms with van der Waals surface area (Å²) in [7, 11) is -0.913. The molecule has 1 unspecified atom stereocenters. The van der Waals surface area contributed by atoms with Gasteiger partial charge >= 0.3 is 0 Å². The highest BCUT2D eigenvalue weighted by Crippen LogP contribution is 2.09. The molecule has 1 rings (SSSR count). The molecule has 0 saturated heterocycles. The minimum Gasteiger partial charge on any atom is -0.395 e. The Morgan fingerprint density at radius 3 is 2.80 bits per heavy atom. The second-order valence-electron chi connectivity index (χ2n) is 4.40. The molecule has 4 nitrogen and oxygen atoms in total. The number of benzene rings is 1. The number of aliphatic hydroxyl groups is 1. The number of amides is 1. The third-order valence-electron chi connectivity index (χ3n) is 2.48. The van der Waals surface area contributed by atoms with Gasteiger partial charge in [0.2, 0.25) is 0 Å². The van der Waals surface area contributed by atoms with Crippen LogP contribution in [0.2, 0.25) is 0 Å². The van der Waals surface area contributed by atoms with E-state index in [1.54, 1.807) is 18.4 Å². The van der Waals surface area contributed by atoms with Crippen molar-refractivity contribution in [2.24, 2.45) is 0 Å². The van der Waals surface area contributed by atoms with Crippen molar-refractivity contribution in [3.63, 3.8) is 0 Å². The average molecular weight is 293 g/mol. The fourth-order valence-electron chi connectivity index (χ4n) is 1.62. The number of rotatable bonds is 5. The van der Waals surface area contributed by atoms with Crippen molar-refractivity contribution in [2.45, 2.75) is 13.3 Å². The van der Waals surface area contributed by atoms with Crippen LogP contribution in [-0.2, 0) is 10.8 Å². The number of hydrogen-bond acceptors (Lipinski definition) is 3. The Balaban J connectivity index is 2.77. The molecule has 1 aromatic carbocycles. The molecular formula is C15H19NO3S. The molecule has 0 heterocycles. The molecule has 0 aliphatic heterocycles. The summed E-state index contributed by atoms with van der Waals surface area (Å²) in [6, 6.07) is 5.40. The zero-order chi connectivity index (χ0) is 15.0. The molecule has 1 aromatic rings. The Hall–Kier alpha value is -1.64. The summed E-state index contributed by atoms with van der Waals surface area (Å²) in [6.45, 7) is 2.32. The largest absolute Gasteiger partial charge is 0.395 e. The Morgan fingerprint density at radius 1 is 1.40 bits per heavy atom. The lowest BCUT2D eigenvalue weighted by molar-refractivity contribution is 0.0956. The molecule has 0 aliphatic rings. The summed E-state index contributed by atoms with van der Waals surface area (Å²) in [4.78, 5) is 12.0. The van der Waals surface area contributed by atoms with E-state index in [-0.39, 0.29) is 12.5 Å². The van der Waals surface area contributed by atoms with Crippen LogP contribution in [-0.4, -0.2) is 40.4 Å². The van der Waals surface area contributed by atoms with Gasteiger partial charge in [-0.05, 0) is 30.7 Å².